The molecular formula is C25H19BrN2O3. The van der Waals surface area contributed by atoms with E-state index in [0.29, 0.717) is 16.9 Å². The highest BCUT2D eigenvalue weighted by atomic mass is 79.9. The third kappa shape index (κ3) is 3.82. The van der Waals surface area contributed by atoms with Crippen LogP contribution in [0, 0.1) is 13.8 Å². The van der Waals surface area contributed by atoms with Crippen LogP contribution in [-0.2, 0) is 9.59 Å². The van der Waals surface area contributed by atoms with Crippen molar-refractivity contribution in [3.05, 3.63) is 99.5 Å². The minimum absolute atomic E-state index is 0.0755. The minimum Gasteiger partial charge on any atom is -0.268 e. The summed E-state index contributed by atoms with van der Waals surface area (Å²) in [5.74, 6) is -1.28. The Balaban J connectivity index is 1.91. The third-order valence-corrected chi connectivity index (χ3v) is 5.67. The summed E-state index contributed by atoms with van der Waals surface area (Å²) in [5.41, 5.74) is 3.02. The number of halogens is 1. The molecular weight excluding hydrogens is 456 g/mol. The van der Waals surface area contributed by atoms with Gasteiger partial charge in [-0.3, -0.25) is 9.59 Å². The highest BCUT2D eigenvalue weighted by molar-refractivity contribution is 9.10. The van der Waals surface area contributed by atoms with E-state index < -0.39 is 17.8 Å². The molecule has 1 saturated heterocycles. The van der Waals surface area contributed by atoms with Crippen LogP contribution >= 0.6 is 15.9 Å². The number of para-hydroxylation sites is 2. The first kappa shape index (κ1) is 20.8. The summed E-state index contributed by atoms with van der Waals surface area (Å²) < 4.78 is 0.884. The van der Waals surface area contributed by atoms with E-state index in [2.05, 4.69) is 15.9 Å². The molecule has 0 aromatic heterocycles. The number of nitrogens with zero attached hydrogens (tertiary/aromatic N) is 2. The number of aryl methyl sites for hydroxylation is 2. The molecule has 0 saturated carbocycles. The van der Waals surface area contributed by atoms with E-state index in [1.807, 2.05) is 50.2 Å². The largest absolute Gasteiger partial charge is 0.343 e. The van der Waals surface area contributed by atoms with Gasteiger partial charge in [0, 0.05) is 4.47 Å². The number of carbonyl (C=O) groups is 3. The second-order valence-corrected chi connectivity index (χ2v) is 8.16. The molecule has 0 aliphatic carbocycles. The van der Waals surface area contributed by atoms with Gasteiger partial charge in [-0.2, -0.15) is 0 Å². The van der Waals surface area contributed by atoms with Crippen molar-refractivity contribution in [1.29, 1.82) is 0 Å². The molecule has 3 aromatic carbocycles. The van der Waals surface area contributed by atoms with Crippen LogP contribution in [0.5, 0.6) is 0 Å². The van der Waals surface area contributed by atoms with Crippen molar-refractivity contribution in [1.82, 2.24) is 0 Å². The first-order chi connectivity index (χ1) is 14.9. The van der Waals surface area contributed by atoms with E-state index in [9.17, 15) is 14.4 Å². The number of rotatable bonds is 3. The van der Waals surface area contributed by atoms with Gasteiger partial charge in [0.1, 0.15) is 5.57 Å². The van der Waals surface area contributed by atoms with Gasteiger partial charge >= 0.3 is 6.03 Å². The SMILES string of the molecule is Cc1ccccc1N1C(=O)C(=Cc2ccc(Br)cc2)C(=O)N(c2ccccc2C)C1=O. The summed E-state index contributed by atoms with van der Waals surface area (Å²) >= 11 is 3.38. The Morgan fingerprint density at radius 1 is 0.677 bits per heavy atom. The standard InChI is InChI=1S/C25H19BrN2O3/c1-16-7-3-5-9-21(16)27-23(29)20(15-18-11-13-19(26)14-12-18)24(30)28(25(27)31)22-10-6-4-8-17(22)2/h3-15H,1-2H3. The number of barbiturate groups is 1. The molecule has 0 spiro atoms. The topological polar surface area (TPSA) is 57.7 Å². The minimum atomic E-state index is -0.688. The zero-order chi connectivity index (χ0) is 22.1. The van der Waals surface area contributed by atoms with E-state index in [1.165, 1.54) is 6.08 Å². The molecule has 0 atom stereocenters. The lowest BCUT2D eigenvalue weighted by Crippen LogP contribution is -2.57. The average Bonchev–Trinajstić information content (AvgIpc) is 2.75. The summed E-state index contributed by atoms with van der Waals surface area (Å²) in [6.45, 7) is 3.64. The monoisotopic (exact) mass is 474 g/mol. The quantitative estimate of drug-likeness (QED) is 0.364. The van der Waals surface area contributed by atoms with Crippen molar-refractivity contribution < 1.29 is 14.4 Å². The number of carbonyl (C=O) groups excluding carboxylic acids is 3. The number of imide groups is 2. The van der Waals surface area contributed by atoms with Crippen molar-refractivity contribution in [3.63, 3.8) is 0 Å². The molecule has 1 aliphatic rings. The van der Waals surface area contributed by atoms with Gasteiger partial charge in [0.05, 0.1) is 11.4 Å². The van der Waals surface area contributed by atoms with Gasteiger partial charge in [-0.1, -0.05) is 64.5 Å². The maximum Gasteiger partial charge on any atom is 0.343 e. The second kappa shape index (κ2) is 8.32. The van der Waals surface area contributed by atoms with Crippen LogP contribution in [-0.4, -0.2) is 17.8 Å². The predicted molar refractivity (Wildman–Crippen MR) is 125 cm³/mol. The zero-order valence-corrected chi connectivity index (χ0v) is 18.6. The fourth-order valence-electron chi connectivity index (χ4n) is 3.51. The Bertz CT molecular complexity index is 1160. The van der Waals surface area contributed by atoms with E-state index in [-0.39, 0.29) is 5.57 Å². The van der Waals surface area contributed by atoms with Crippen LogP contribution < -0.4 is 9.80 Å². The molecule has 5 nitrogen and oxygen atoms in total. The van der Waals surface area contributed by atoms with Crippen LogP contribution in [0.4, 0.5) is 16.2 Å². The Kier molecular flexibility index (Phi) is 5.57. The molecule has 0 N–H and O–H groups in total. The molecule has 0 bridgehead atoms. The lowest BCUT2D eigenvalue weighted by atomic mass is 10.0. The summed E-state index contributed by atoms with van der Waals surface area (Å²) in [6, 6.07) is 20.8. The van der Waals surface area contributed by atoms with Gasteiger partial charge < -0.3 is 0 Å². The van der Waals surface area contributed by atoms with Gasteiger partial charge in [0.2, 0.25) is 0 Å². The smallest absolute Gasteiger partial charge is 0.268 e. The molecule has 0 radical (unpaired) electrons. The van der Waals surface area contributed by atoms with E-state index in [4.69, 9.17) is 0 Å². The Morgan fingerprint density at radius 3 is 1.58 bits per heavy atom. The van der Waals surface area contributed by atoms with Crippen molar-refractivity contribution in [2.24, 2.45) is 0 Å². The molecule has 4 rings (SSSR count). The van der Waals surface area contributed by atoms with Gasteiger partial charge in [0.25, 0.3) is 11.8 Å². The normalized spacial score (nSPS) is 14.3. The maximum atomic E-state index is 13.5. The summed E-state index contributed by atoms with van der Waals surface area (Å²) in [5, 5.41) is 0. The molecule has 1 fully saturated rings. The van der Waals surface area contributed by atoms with E-state index in [1.54, 1.807) is 36.4 Å². The van der Waals surface area contributed by atoms with Crippen molar-refractivity contribution in [2.75, 3.05) is 9.80 Å². The van der Waals surface area contributed by atoms with Crippen LogP contribution in [0.25, 0.3) is 6.08 Å². The number of amides is 4. The van der Waals surface area contributed by atoms with Crippen LogP contribution in [0.2, 0.25) is 0 Å². The highest BCUT2D eigenvalue weighted by Crippen LogP contribution is 2.32. The van der Waals surface area contributed by atoms with Crippen molar-refractivity contribution in [2.45, 2.75) is 13.8 Å². The molecule has 154 valence electrons. The molecule has 1 heterocycles. The van der Waals surface area contributed by atoms with Crippen LogP contribution in [0.15, 0.2) is 82.8 Å². The summed E-state index contributed by atoms with van der Waals surface area (Å²) in [7, 11) is 0. The molecule has 1 aliphatic heterocycles. The first-order valence-corrected chi connectivity index (χ1v) is 10.5. The maximum absolute atomic E-state index is 13.5. The van der Waals surface area contributed by atoms with Crippen molar-refractivity contribution in [3.8, 4) is 0 Å². The van der Waals surface area contributed by atoms with Crippen LogP contribution in [0.3, 0.4) is 0 Å². The van der Waals surface area contributed by atoms with E-state index >= 15 is 0 Å². The number of benzene rings is 3. The van der Waals surface area contributed by atoms with E-state index in [0.717, 1.165) is 25.4 Å². The average molecular weight is 475 g/mol. The molecule has 0 unspecified atom stereocenters. The molecule has 31 heavy (non-hydrogen) atoms. The summed E-state index contributed by atoms with van der Waals surface area (Å²) in [4.78, 5) is 42.4. The molecule has 3 aromatic rings. The highest BCUT2D eigenvalue weighted by Gasteiger charge is 2.44. The number of hydrogen-bond donors (Lipinski definition) is 0. The lowest BCUT2D eigenvalue weighted by Gasteiger charge is -2.35. The van der Waals surface area contributed by atoms with Crippen molar-refractivity contribution >= 4 is 51.2 Å². The second-order valence-electron chi connectivity index (χ2n) is 7.25. The molecule has 4 amide bonds. The first-order valence-electron chi connectivity index (χ1n) is 9.70. The van der Waals surface area contributed by atoms with Gasteiger partial charge in [0.15, 0.2) is 0 Å². The fraction of sp³-hybridized carbons (Fsp3) is 0.0800. The third-order valence-electron chi connectivity index (χ3n) is 5.14. The van der Waals surface area contributed by atoms with Gasteiger partial charge in [-0.05, 0) is 60.9 Å². The van der Waals surface area contributed by atoms with Gasteiger partial charge in [-0.15, -0.1) is 0 Å². The Labute approximate surface area is 188 Å². The zero-order valence-electron chi connectivity index (χ0n) is 17.0. The van der Waals surface area contributed by atoms with Crippen LogP contribution in [0.1, 0.15) is 16.7 Å². The number of hydrogen-bond acceptors (Lipinski definition) is 3. The Hall–Kier alpha value is -3.51. The predicted octanol–water partition coefficient (Wildman–Crippen LogP) is 5.65. The summed E-state index contributed by atoms with van der Waals surface area (Å²) in [6.07, 6.45) is 1.53. The molecule has 6 heteroatoms. The fourth-order valence-corrected chi connectivity index (χ4v) is 3.77. The Morgan fingerprint density at radius 2 is 1.13 bits per heavy atom. The number of anilines is 2. The van der Waals surface area contributed by atoms with Gasteiger partial charge in [-0.25, -0.2) is 14.6 Å². The number of urea groups is 1. The lowest BCUT2D eigenvalue weighted by molar-refractivity contribution is -0.121.